The zero-order chi connectivity index (χ0) is 23.3. The molecule has 0 N–H and O–H groups in total. The molecule has 1 spiro atoms. The Morgan fingerprint density at radius 2 is 1.79 bits per heavy atom. The first kappa shape index (κ1) is 20.4. The molecule has 0 radical (unpaired) electrons. The van der Waals surface area contributed by atoms with Crippen molar-refractivity contribution in [1.82, 2.24) is 25.0 Å². The number of fused-ring (bicyclic) bond motifs is 1. The van der Waals surface area contributed by atoms with E-state index in [0.717, 1.165) is 5.56 Å². The van der Waals surface area contributed by atoms with Gasteiger partial charge in [-0.3, -0.25) is 0 Å². The van der Waals surface area contributed by atoms with Gasteiger partial charge in [0, 0.05) is 24.1 Å². The van der Waals surface area contributed by atoms with Gasteiger partial charge in [0.1, 0.15) is 0 Å². The number of halogens is 2. The van der Waals surface area contributed by atoms with Gasteiger partial charge in [-0.05, 0) is 11.6 Å². The molecule has 6 rings (SSSR count). The van der Waals surface area contributed by atoms with Crippen LogP contribution in [0.2, 0.25) is 0 Å². The van der Waals surface area contributed by atoms with E-state index in [4.69, 9.17) is 6.42 Å². The molecule has 2 aliphatic rings. The summed E-state index contributed by atoms with van der Waals surface area (Å²) in [5.41, 5.74) is 1.41. The molecule has 0 amide bonds. The lowest BCUT2D eigenvalue weighted by Crippen LogP contribution is -2.27. The topological polar surface area (TPSA) is 84.5 Å². The van der Waals surface area contributed by atoms with Crippen molar-refractivity contribution >= 4 is 17.0 Å². The van der Waals surface area contributed by atoms with Gasteiger partial charge in [-0.15, -0.1) is 11.5 Å². The van der Waals surface area contributed by atoms with Crippen LogP contribution >= 0.6 is 0 Å². The molecule has 10 heteroatoms. The zero-order valence-corrected chi connectivity index (χ0v) is 17.9. The summed E-state index contributed by atoms with van der Waals surface area (Å²) < 4.78 is 32.6. The first-order chi connectivity index (χ1) is 16.5. The predicted molar refractivity (Wildman–Crippen MR) is 120 cm³/mol. The second-order valence-corrected chi connectivity index (χ2v) is 8.39. The quantitative estimate of drug-likeness (QED) is 0.427. The lowest BCUT2D eigenvalue weighted by Gasteiger charge is -2.20. The average Bonchev–Trinajstić information content (AvgIpc) is 3.30. The predicted octanol–water partition coefficient (Wildman–Crippen LogP) is 3.76. The molecule has 168 valence electrons. The fourth-order valence-corrected chi connectivity index (χ4v) is 4.24. The molecule has 4 aromatic rings. The van der Waals surface area contributed by atoms with E-state index in [1.807, 2.05) is 29.2 Å². The van der Waals surface area contributed by atoms with Crippen molar-refractivity contribution < 1.29 is 8.78 Å². The Kier molecular flexibility index (Phi) is 4.42. The molecular formula is C24H18F2N8. The number of terminal acetylenes is 1. The Bertz CT molecular complexity index is 1470. The van der Waals surface area contributed by atoms with E-state index in [1.54, 1.807) is 18.2 Å². The first-order valence-corrected chi connectivity index (χ1v) is 10.8. The van der Waals surface area contributed by atoms with Crippen LogP contribution in [0.5, 0.6) is 0 Å². The molecule has 0 atom stereocenters. The highest BCUT2D eigenvalue weighted by molar-refractivity contribution is 5.83. The summed E-state index contributed by atoms with van der Waals surface area (Å²) in [5.74, 6) is -1.08. The molecule has 1 fully saturated rings. The number of alkyl halides is 2. The number of anilines is 1. The van der Waals surface area contributed by atoms with Crippen LogP contribution in [0.4, 0.5) is 14.6 Å². The Labute approximate surface area is 193 Å². The molecular weight excluding hydrogens is 438 g/mol. The second-order valence-electron chi connectivity index (χ2n) is 8.39. The SMILES string of the molecule is C#Cc1ccccc1Cn1nnc2c(N3CCC4(C3)N=N4)nc(C(F)(F)c3ccccc3)nc21. The molecule has 2 aliphatic heterocycles. The average molecular weight is 456 g/mol. The van der Waals surface area contributed by atoms with Crippen molar-refractivity contribution in [3.05, 3.63) is 77.1 Å². The van der Waals surface area contributed by atoms with Gasteiger partial charge < -0.3 is 4.90 Å². The largest absolute Gasteiger partial charge is 0.350 e. The maximum absolute atomic E-state index is 15.6. The summed E-state index contributed by atoms with van der Waals surface area (Å²) >= 11 is 0. The Morgan fingerprint density at radius 3 is 2.53 bits per heavy atom. The van der Waals surface area contributed by atoms with E-state index >= 15 is 8.78 Å². The molecule has 2 aromatic carbocycles. The highest BCUT2D eigenvalue weighted by atomic mass is 19.3. The molecule has 0 saturated carbocycles. The van der Waals surface area contributed by atoms with E-state index in [-0.39, 0.29) is 17.8 Å². The number of benzene rings is 2. The smallest absolute Gasteiger partial charge is 0.331 e. The van der Waals surface area contributed by atoms with Gasteiger partial charge in [-0.1, -0.05) is 59.7 Å². The van der Waals surface area contributed by atoms with Crippen molar-refractivity contribution in [2.75, 3.05) is 18.0 Å². The van der Waals surface area contributed by atoms with Crippen molar-refractivity contribution in [3.63, 3.8) is 0 Å². The van der Waals surface area contributed by atoms with E-state index < -0.39 is 17.4 Å². The van der Waals surface area contributed by atoms with Crippen molar-refractivity contribution in [2.24, 2.45) is 10.2 Å². The number of aromatic nitrogens is 5. The Hall–Kier alpha value is -4.26. The summed E-state index contributed by atoms with van der Waals surface area (Å²) in [6.45, 7) is 1.27. The first-order valence-electron chi connectivity index (χ1n) is 10.8. The van der Waals surface area contributed by atoms with E-state index in [9.17, 15) is 0 Å². The van der Waals surface area contributed by atoms with Gasteiger partial charge >= 0.3 is 5.92 Å². The van der Waals surface area contributed by atoms with Gasteiger partial charge in [0.15, 0.2) is 17.0 Å². The van der Waals surface area contributed by atoms with Crippen LogP contribution < -0.4 is 4.90 Å². The summed E-state index contributed by atoms with van der Waals surface area (Å²) in [7, 11) is 0. The molecule has 4 heterocycles. The number of rotatable bonds is 5. The van der Waals surface area contributed by atoms with Gasteiger partial charge in [-0.2, -0.15) is 19.0 Å². The van der Waals surface area contributed by atoms with E-state index in [2.05, 4.69) is 36.4 Å². The van der Waals surface area contributed by atoms with Crippen LogP contribution in [-0.4, -0.2) is 43.7 Å². The summed E-state index contributed by atoms with van der Waals surface area (Å²) in [6.07, 6.45) is 6.33. The molecule has 1 saturated heterocycles. The summed E-state index contributed by atoms with van der Waals surface area (Å²) in [6, 6.07) is 14.9. The van der Waals surface area contributed by atoms with Crippen LogP contribution in [0.3, 0.4) is 0 Å². The molecule has 0 bridgehead atoms. The Morgan fingerprint density at radius 1 is 1.03 bits per heavy atom. The van der Waals surface area contributed by atoms with Gasteiger partial charge in [0.05, 0.1) is 13.1 Å². The van der Waals surface area contributed by atoms with Crippen LogP contribution in [0.25, 0.3) is 11.2 Å². The number of nitrogens with zero attached hydrogens (tertiary/aromatic N) is 8. The number of hydrogen-bond acceptors (Lipinski definition) is 7. The minimum atomic E-state index is -3.41. The summed E-state index contributed by atoms with van der Waals surface area (Å²) in [5, 5.41) is 16.7. The molecule has 2 aromatic heterocycles. The molecule has 8 nitrogen and oxygen atoms in total. The van der Waals surface area contributed by atoms with Gasteiger partial charge in [0.2, 0.25) is 11.5 Å². The third-order valence-corrected chi connectivity index (χ3v) is 6.16. The minimum absolute atomic E-state index is 0.193. The van der Waals surface area contributed by atoms with Crippen molar-refractivity contribution in [1.29, 1.82) is 0 Å². The molecule has 0 unspecified atom stereocenters. The highest BCUT2D eigenvalue weighted by Gasteiger charge is 2.48. The third kappa shape index (κ3) is 3.28. The Balaban J connectivity index is 1.50. The van der Waals surface area contributed by atoms with Crippen molar-refractivity contribution in [3.8, 4) is 12.3 Å². The van der Waals surface area contributed by atoms with Crippen LogP contribution in [0, 0.1) is 12.3 Å². The fourth-order valence-electron chi connectivity index (χ4n) is 4.24. The van der Waals surface area contributed by atoms with Crippen molar-refractivity contribution in [2.45, 2.75) is 24.6 Å². The standard InChI is InChI=1S/C24H18F2N8/c1-2-16-8-6-7-9-17(16)14-34-21-19(29-32-34)20(33-13-12-23(15-33)30-31-23)27-22(28-21)24(25,26)18-10-4-3-5-11-18/h1,3-11H,12-15H2. The van der Waals surface area contributed by atoms with E-state index in [0.29, 0.717) is 36.4 Å². The molecule has 0 aliphatic carbocycles. The lowest BCUT2D eigenvalue weighted by atomic mass is 10.1. The normalized spacial score (nSPS) is 16.3. The second kappa shape index (κ2) is 7.38. The van der Waals surface area contributed by atoms with E-state index in [1.165, 1.54) is 16.8 Å². The monoisotopic (exact) mass is 456 g/mol. The molecule has 34 heavy (non-hydrogen) atoms. The maximum atomic E-state index is 15.6. The minimum Gasteiger partial charge on any atom is -0.350 e. The van der Waals surface area contributed by atoms with Crippen LogP contribution in [0.15, 0.2) is 64.8 Å². The van der Waals surface area contributed by atoms with Gasteiger partial charge in [0.25, 0.3) is 0 Å². The highest BCUT2D eigenvalue weighted by Crippen LogP contribution is 2.41. The van der Waals surface area contributed by atoms with Crippen LogP contribution in [-0.2, 0) is 12.5 Å². The zero-order valence-electron chi connectivity index (χ0n) is 17.9. The lowest BCUT2D eigenvalue weighted by molar-refractivity contribution is 0.0332. The van der Waals surface area contributed by atoms with Crippen LogP contribution in [0.1, 0.15) is 28.9 Å². The third-order valence-electron chi connectivity index (χ3n) is 6.16. The van der Waals surface area contributed by atoms with Gasteiger partial charge in [-0.25, -0.2) is 14.6 Å². The summed E-state index contributed by atoms with van der Waals surface area (Å²) in [4.78, 5) is 10.5. The number of hydrogen-bond donors (Lipinski definition) is 0. The fraction of sp³-hybridized carbons (Fsp3) is 0.250. The maximum Gasteiger partial charge on any atom is 0.331 e.